The Morgan fingerprint density at radius 3 is 2.39 bits per heavy atom. The molecule has 2 rings (SSSR count). The van der Waals surface area contributed by atoms with Gasteiger partial charge in [-0.25, -0.2) is 0 Å². The summed E-state index contributed by atoms with van der Waals surface area (Å²) in [5, 5.41) is 6.78. The van der Waals surface area contributed by atoms with E-state index in [-0.39, 0.29) is 11.6 Å². The van der Waals surface area contributed by atoms with Crippen molar-refractivity contribution in [2.45, 2.75) is 33.6 Å². The fourth-order valence-electron chi connectivity index (χ4n) is 2.16. The summed E-state index contributed by atoms with van der Waals surface area (Å²) >= 11 is 0. The van der Waals surface area contributed by atoms with Crippen LogP contribution in [0, 0.1) is 5.92 Å². The predicted octanol–water partition coefficient (Wildman–Crippen LogP) is 2.25. The molecule has 0 aliphatic heterocycles. The highest BCUT2D eigenvalue weighted by molar-refractivity contribution is 5.98. The average molecular weight is 314 g/mol. The van der Waals surface area contributed by atoms with E-state index >= 15 is 0 Å². The highest BCUT2D eigenvalue weighted by atomic mass is 16.2. The second-order valence-corrected chi connectivity index (χ2v) is 5.84. The van der Waals surface area contributed by atoms with Crippen LogP contribution in [0.5, 0.6) is 0 Å². The highest BCUT2D eigenvalue weighted by Gasteiger charge is 2.12. The van der Waals surface area contributed by atoms with E-state index in [1.54, 1.807) is 18.2 Å². The van der Waals surface area contributed by atoms with Crippen molar-refractivity contribution < 1.29 is 9.59 Å². The van der Waals surface area contributed by atoms with Crippen molar-refractivity contribution in [1.29, 1.82) is 0 Å². The zero-order chi connectivity index (χ0) is 16.8. The number of hydrogen-bond donors (Lipinski definition) is 3. The molecule has 6 nitrogen and oxygen atoms in total. The first-order valence-corrected chi connectivity index (χ1v) is 7.73. The summed E-state index contributed by atoms with van der Waals surface area (Å²) in [6, 6.07) is 8.94. The summed E-state index contributed by atoms with van der Waals surface area (Å²) in [7, 11) is 0. The Morgan fingerprint density at radius 1 is 1.13 bits per heavy atom. The third-order valence-corrected chi connectivity index (χ3v) is 3.41. The summed E-state index contributed by atoms with van der Waals surface area (Å²) in [5.74, 6) is -0.342. The number of nitrogens with one attached hydrogen (secondary N) is 3. The number of aromatic nitrogens is 2. The fraction of sp³-hybridized carbons (Fsp3) is 0.353. The van der Waals surface area contributed by atoms with E-state index in [0.717, 1.165) is 24.1 Å². The van der Waals surface area contributed by atoms with Crippen LogP contribution in [0.25, 0.3) is 0 Å². The molecular formula is C17H22N4O2. The van der Waals surface area contributed by atoms with Crippen LogP contribution >= 0.6 is 0 Å². The van der Waals surface area contributed by atoms with Gasteiger partial charge in [0, 0.05) is 11.3 Å². The Balaban J connectivity index is 1.90. The summed E-state index contributed by atoms with van der Waals surface area (Å²) in [6.07, 6.45) is 1.73. The molecule has 0 bridgehead atoms. The van der Waals surface area contributed by atoms with Crippen molar-refractivity contribution in [3.05, 3.63) is 52.8 Å². The second-order valence-electron chi connectivity index (χ2n) is 5.84. The molecule has 0 saturated carbocycles. The van der Waals surface area contributed by atoms with Crippen LogP contribution in [0.3, 0.4) is 0 Å². The van der Waals surface area contributed by atoms with E-state index in [1.807, 2.05) is 19.1 Å². The van der Waals surface area contributed by atoms with Crippen molar-refractivity contribution >= 4 is 11.8 Å². The molecule has 1 aromatic carbocycles. The Morgan fingerprint density at radius 2 is 1.78 bits per heavy atom. The van der Waals surface area contributed by atoms with Crippen molar-refractivity contribution in [3.8, 4) is 0 Å². The van der Waals surface area contributed by atoms with Gasteiger partial charge in [0.2, 0.25) is 0 Å². The molecule has 23 heavy (non-hydrogen) atoms. The first-order valence-electron chi connectivity index (χ1n) is 7.73. The lowest BCUT2D eigenvalue weighted by molar-refractivity contribution is 0.0844. The molecule has 0 atom stereocenters. The smallest absolute Gasteiger partial charge is 0.282 e. The third kappa shape index (κ3) is 4.67. The van der Waals surface area contributed by atoms with Crippen LogP contribution < -0.4 is 10.9 Å². The third-order valence-electron chi connectivity index (χ3n) is 3.41. The minimum absolute atomic E-state index is 0.252. The molecule has 2 aromatic rings. The van der Waals surface area contributed by atoms with Gasteiger partial charge in [0.25, 0.3) is 11.8 Å². The van der Waals surface area contributed by atoms with E-state index in [4.69, 9.17) is 0 Å². The number of hydrazine groups is 1. The number of amides is 2. The molecule has 0 fully saturated rings. The topological polar surface area (TPSA) is 86.9 Å². The van der Waals surface area contributed by atoms with Crippen molar-refractivity contribution in [3.63, 3.8) is 0 Å². The number of H-pyrrole nitrogens is 1. The molecule has 0 saturated heterocycles. The minimum Gasteiger partial charge on any atom is -0.282 e. The van der Waals surface area contributed by atoms with Gasteiger partial charge in [-0.2, -0.15) is 5.10 Å². The first kappa shape index (κ1) is 16.7. The van der Waals surface area contributed by atoms with Crippen molar-refractivity contribution in [1.82, 2.24) is 21.0 Å². The molecule has 0 radical (unpaired) electrons. The maximum absolute atomic E-state index is 12.0. The van der Waals surface area contributed by atoms with Crippen LogP contribution in [0.1, 0.15) is 52.9 Å². The molecular weight excluding hydrogens is 292 g/mol. The second kappa shape index (κ2) is 7.58. The monoisotopic (exact) mass is 314 g/mol. The summed E-state index contributed by atoms with van der Waals surface area (Å²) in [5.41, 5.74) is 7.55. The Hall–Kier alpha value is -2.63. The zero-order valence-electron chi connectivity index (χ0n) is 13.6. The number of carbonyl (C=O) groups excluding carboxylic acids is 2. The van der Waals surface area contributed by atoms with Gasteiger partial charge in [-0.15, -0.1) is 0 Å². The molecule has 3 N–H and O–H groups in total. The molecule has 0 spiro atoms. The minimum atomic E-state index is -0.449. The number of nitrogens with zero attached hydrogens (tertiary/aromatic N) is 1. The molecule has 2 amide bonds. The molecule has 0 unspecified atom stereocenters. The van der Waals surface area contributed by atoms with Gasteiger partial charge in [-0.05, 0) is 42.5 Å². The van der Waals surface area contributed by atoms with Gasteiger partial charge >= 0.3 is 0 Å². The number of hydrogen-bond acceptors (Lipinski definition) is 3. The van der Waals surface area contributed by atoms with Crippen LogP contribution in [-0.2, 0) is 12.8 Å². The van der Waals surface area contributed by atoms with E-state index < -0.39 is 5.91 Å². The number of benzene rings is 1. The summed E-state index contributed by atoms with van der Waals surface area (Å²) < 4.78 is 0. The standard InChI is InChI=1S/C17H22N4O2/c1-4-12-5-7-13(8-6-12)16(22)20-21-17(23)15-10-14(18-19-15)9-11(2)3/h5-8,10-11H,4,9H2,1-3H3,(H,18,19)(H,20,22)(H,21,23). The van der Waals surface area contributed by atoms with Crippen molar-refractivity contribution in [2.24, 2.45) is 5.92 Å². The Labute approximate surface area is 135 Å². The van der Waals surface area contributed by atoms with E-state index in [0.29, 0.717) is 11.5 Å². The van der Waals surface area contributed by atoms with Crippen LogP contribution in [0.2, 0.25) is 0 Å². The van der Waals surface area contributed by atoms with Gasteiger partial charge in [-0.3, -0.25) is 25.5 Å². The van der Waals surface area contributed by atoms with Gasteiger partial charge in [-0.1, -0.05) is 32.9 Å². The maximum atomic E-state index is 12.0. The van der Waals surface area contributed by atoms with Crippen molar-refractivity contribution in [2.75, 3.05) is 0 Å². The molecule has 0 aliphatic carbocycles. The van der Waals surface area contributed by atoms with Crippen LogP contribution in [-0.4, -0.2) is 22.0 Å². The SMILES string of the molecule is CCc1ccc(C(=O)NNC(=O)c2cc(CC(C)C)[nH]n2)cc1. The Bertz CT molecular complexity index is 674. The molecule has 1 aromatic heterocycles. The first-order chi connectivity index (χ1) is 11.0. The lowest BCUT2D eigenvalue weighted by Crippen LogP contribution is -2.41. The Kier molecular flexibility index (Phi) is 5.51. The molecule has 122 valence electrons. The largest absolute Gasteiger partial charge is 0.290 e. The van der Waals surface area contributed by atoms with Gasteiger partial charge in [0.1, 0.15) is 0 Å². The molecule has 6 heteroatoms. The predicted molar refractivity (Wildman–Crippen MR) is 87.9 cm³/mol. The normalized spacial score (nSPS) is 10.6. The van der Waals surface area contributed by atoms with Gasteiger partial charge in [0.15, 0.2) is 5.69 Å². The van der Waals surface area contributed by atoms with Crippen LogP contribution in [0.15, 0.2) is 30.3 Å². The number of carbonyl (C=O) groups is 2. The van der Waals surface area contributed by atoms with Gasteiger partial charge < -0.3 is 0 Å². The molecule has 1 heterocycles. The quantitative estimate of drug-likeness (QED) is 0.740. The molecule has 0 aliphatic rings. The highest BCUT2D eigenvalue weighted by Crippen LogP contribution is 2.07. The number of rotatable bonds is 5. The lowest BCUT2D eigenvalue weighted by Gasteiger charge is -2.06. The zero-order valence-corrected chi connectivity index (χ0v) is 13.6. The maximum Gasteiger partial charge on any atom is 0.290 e. The van der Waals surface area contributed by atoms with E-state index in [1.165, 1.54) is 0 Å². The fourth-order valence-corrected chi connectivity index (χ4v) is 2.16. The lowest BCUT2D eigenvalue weighted by atomic mass is 10.1. The summed E-state index contributed by atoms with van der Waals surface area (Å²) in [6.45, 7) is 6.22. The summed E-state index contributed by atoms with van der Waals surface area (Å²) in [4.78, 5) is 23.9. The number of aromatic amines is 1. The average Bonchev–Trinajstić information content (AvgIpc) is 3.00. The van der Waals surface area contributed by atoms with E-state index in [2.05, 4.69) is 34.9 Å². The van der Waals surface area contributed by atoms with Gasteiger partial charge in [0.05, 0.1) is 0 Å². The van der Waals surface area contributed by atoms with Crippen LogP contribution in [0.4, 0.5) is 0 Å². The van der Waals surface area contributed by atoms with E-state index in [9.17, 15) is 9.59 Å². The number of aryl methyl sites for hydroxylation is 1.